The third-order valence-corrected chi connectivity index (χ3v) is 3.28. The molecule has 0 aliphatic carbocycles. The van der Waals surface area contributed by atoms with Crippen molar-refractivity contribution in [1.82, 2.24) is 0 Å². The van der Waals surface area contributed by atoms with E-state index in [4.69, 9.17) is 9.15 Å². The Morgan fingerprint density at radius 1 is 1.05 bits per heavy atom. The predicted molar refractivity (Wildman–Crippen MR) is 80.1 cm³/mol. The Labute approximate surface area is 121 Å². The first kappa shape index (κ1) is 13.2. The number of hydrogen-bond donors (Lipinski definition) is 1. The largest absolute Gasteiger partial charge is 0.508 e. The molecule has 0 aliphatic heterocycles. The van der Waals surface area contributed by atoms with Crippen LogP contribution in [0.4, 0.5) is 0 Å². The van der Waals surface area contributed by atoms with Crippen LogP contribution in [0.1, 0.15) is 11.1 Å². The van der Waals surface area contributed by atoms with Crippen molar-refractivity contribution in [2.75, 3.05) is 0 Å². The summed E-state index contributed by atoms with van der Waals surface area (Å²) < 4.78 is 11.0. The average Bonchev–Trinajstić information content (AvgIpc) is 2.44. The minimum Gasteiger partial charge on any atom is -0.508 e. The van der Waals surface area contributed by atoms with Gasteiger partial charge in [-0.05, 0) is 37.6 Å². The summed E-state index contributed by atoms with van der Waals surface area (Å²) in [6.07, 6.45) is 1.27. The molecule has 0 bridgehead atoms. The van der Waals surface area contributed by atoms with Crippen LogP contribution in [0.5, 0.6) is 17.2 Å². The number of ether oxygens (including phenoxy) is 1. The van der Waals surface area contributed by atoms with E-state index in [2.05, 4.69) is 0 Å². The van der Waals surface area contributed by atoms with E-state index in [1.165, 1.54) is 24.5 Å². The normalized spacial score (nSPS) is 10.8. The molecule has 0 atom stereocenters. The second kappa shape index (κ2) is 4.98. The Bertz CT molecular complexity index is 878. The Kier molecular flexibility index (Phi) is 3.14. The van der Waals surface area contributed by atoms with Crippen molar-refractivity contribution in [1.29, 1.82) is 0 Å². The maximum absolute atomic E-state index is 12.4. The molecule has 0 saturated carbocycles. The molecule has 3 rings (SSSR count). The van der Waals surface area contributed by atoms with Gasteiger partial charge in [0.05, 0.1) is 5.39 Å². The van der Waals surface area contributed by atoms with Crippen LogP contribution in [-0.4, -0.2) is 5.11 Å². The van der Waals surface area contributed by atoms with E-state index in [0.717, 1.165) is 11.1 Å². The van der Waals surface area contributed by atoms with E-state index in [9.17, 15) is 9.90 Å². The summed E-state index contributed by atoms with van der Waals surface area (Å²) in [6.45, 7) is 3.91. The zero-order valence-electron chi connectivity index (χ0n) is 11.7. The summed E-state index contributed by atoms with van der Waals surface area (Å²) in [4.78, 5) is 12.4. The highest BCUT2D eigenvalue weighted by atomic mass is 16.5. The van der Waals surface area contributed by atoms with Crippen LogP contribution in [0.25, 0.3) is 11.0 Å². The van der Waals surface area contributed by atoms with Crippen LogP contribution in [0, 0.1) is 13.8 Å². The van der Waals surface area contributed by atoms with Gasteiger partial charge in [-0.25, -0.2) is 0 Å². The first-order valence-electron chi connectivity index (χ1n) is 6.54. The van der Waals surface area contributed by atoms with E-state index in [0.29, 0.717) is 16.7 Å². The summed E-state index contributed by atoms with van der Waals surface area (Å²) in [5.41, 5.74) is 2.13. The number of phenols is 1. The van der Waals surface area contributed by atoms with Crippen molar-refractivity contribution in [3.8, 4) is 17.2 Å². The van der Waals surface area contributed by atoms with E-state index < -0.39 is 0 Å². The van der Waals surface area contributed by atoms with Crippen molar-refractivity contribution in [2.24, 2.45) is 0 Å². The van der Waals surface area contributed by atoms with E-state index in [1.807, 2.05) is 32.0 Å². The van der Waals surface area contributed by atoms with E-state index in [1.54, 1.807) is 0 Å². The highest BCUT2D eigenvalue weighted by Gasteiger charge is 2.10. The second-order valence-corrected chi connectivity index (χ2v) is 4.98. The number of hydrogen-bond acceptors (Lipinski definition) is 4. The summed E-state index contributed by atoms with van der Waals surface area (Å²) in [7, 11) is 0. The summed E-state index contributed by atoms with van der Waals surface area (Å²) in [5, 5.41) is 9.77. The summed E-state index contributed by atoms with van der Waals surface area (Å²) in [5.74, 6) is 0.792. The number of aromatic hydroxyl groups is 1. The number of rotatable bonds is 2. The minimum absolute atomic E-state index is 0.0497. The molecule has 0 amide bonds. The van der Waals surface area contributed by atoms with Crippen LogP contribution in [-0.2, 0) is 0 Å². The van der Waals surface area contributed by atoms with Gasteiger partial charge in [0.25, 0.3) is 0 Å². The molecule has 3 aromatic rings. The zero-order chi connectivity index (χ0) is 15.0. The SMILES string of the molecule is Cc1ccc(Oc2coc3cc(O)ccc3c2=O)c(C)c1. The van der Waals surface area contributed by atoms with Crippen molar-refractivity contribution < 1.29 is 14.3 Å². The van der Waals surface area contributed by atoms with Crippen LogP contribution in [0.15, 0.2) is 51.9 Å². The number of benzene rings is 2. The Morgan fingerprint density at radius 3 is 2.62 bits per heavy atom. The van der Waals surface area contributed by atoms with E-state index in [-0.39, 0.29) is 16.9 Å². The highest BCUT2D eigenvalue weighted by molar-refractivity contribution is 5.78. The average molecular weight is 282 g/mol. The fourth-order valence-electron chi connectivity index (χ4n) is 2.20. The molecule has 0 unspecified atom stereocenters. The molecule has 2 aromatic carbocycles. The summed E-state index contributed by atoms with van der Waals surface area (Å²) >= 11 is 0. The Hall–Kier alpha value is -2.75. The topological polar surface area (TPSA) is 59.7 Å². The lowest BCUT2D eigenvalue weighted by Crippen LogP contribution is -2.05. The van der Waals surface area contributed by atoms with E-state index >= 15 is 0 Å². The fraction of sp³-hybridized carbons (Fsp3) is 0.118. The molecule has 0 fully saturated rings. The monoisotopic (exact) mass is 282 g/mol. The molecular formula is C17H14O4. The van der Waals surface area contributed by atoms with Gasteiger partial charge in [0.2, 0.25) is 11.2 Å². The smallest absolute Gasteiger partial charge is 0.235 e. The van der Waals surface area contributed by atoms with Gasteiger partial charge < -0.3 is 14.3 Å². The van der Waals surface area contributed by atoms with Gasteiger partial charge in [0.1, 0.15) is 23.3 Å². The highest BCUT2D eigenvalue weighted by Crippen LogP contribution is 2.26. The molecule has 1 aromatic heterocycles. The molecule has 0 aliphatic rings. The minimum atomic E-state index is -0.267. The first-order valence-corrected chi connectivity index (χ1v) is 6.54. The Morgan fingerprint density at radius 2 is 1.86 bits per heavy atom. The third kappa shape index (κ3) is 2.48. The Balaban J connectivity index is 2.07. The molecule has 0 spiro atoms. The third-order valence-electron chi connectivity index (χ3n) is 3.28. The lowest BCUT2D eigenvalue weighted by atomic mass is 10.1. The molecule has 4 heteroatoms. The molecule has 0 saturated heterocycles. The molecule has 106 valence electrons. The van der Waals surface area contributed by atoms with Crippen LogP contribution >= 0.6 is 0 Å². The van der Waals surface area contributed by atoms with Gasteiger partial charge in [-0.15, -0.1) is 0 Å². The lowest BCUT2D eigenvalue weighted by Gasteiger charge is -2.09. The van der Waals surface area contributed by atoms with Crippen molar-refractivity contribution in [3.05, 3.63) is 64.0 Å². The molecule has 1 heterocycles. The van der Waals surface area contributed by atoms with Gasteiger partial charge in [-0.2, -0.15) is 0 Å². The fourth-order valence-corrected chi connectivity index (χ4v) is 2.20. The quantitative estimate of drug-likeness (QED) is 0.774. The van der Waals surface area contributed by atoms with Crippen LogP contribution in [0.3, 0.4) is 0 Å². The maximum atomic E-state index is 12.4. The van der Waals surface area contributed by atoms with Crippen LogP contribution < -0.4 is 10.2 Å². The van der Waals surface area contributed by atoms with Gasteiger partial charge in [0.15, 0.2) is 0 Å². The van der Waals surface area contributed by atoms with Crippen molar-refractivity contribution in [2.45, 2.75) is 13.8 Å². The number of fused-ring (bicyclic) bond motifs is 1. The predicted octanol–water partition coefficient (Wildman–Crippen LogP) is 3.91. The maximum Gasteiger partial charge on any atom is 0.235 e. The van der Waals surface area contributed by atoms with Crippen molar-refractivity contribution in [3.63, 3.8) is 0 Å². The number of phenolic OH excluding ortho intramolecular Hbond substituents is 1. The molecule has 0 radical (unpaired) electrons. The number of aryl methyl sites for hydroxylation is 2. The molecule has 21 heavy (non-hydrogen) atoms. The van der Waals surface area contributed by atoms with Crippen LogP contribution in [0.2, 0.25) is 0 Å². The van der Waals surface area contributed by atoms with Crippen molar-refractivity contribution >= 4 is 11.0 Å². The second-order valence-electron chi connectivity index (χ2n) is 4.98. The van der Waals surface area contributed by atoms with Gasteiger partial charge >= 0.3 is 0 Å². The molecule has 1 N–H and O–H groups in total. The molecular weight excluding hydrogens is 268 g/mol. The zero-order valence-corrected chi connectivity index (χ0v) is 11.7. The lowest BCUT2D eigenvalue weighted by molar-refractivity contribution is 0.446. The summed E-state index contributed by atoms with van der Waals surface area (Å²) in [6, 6.07) is 10.1. The molecule has 4 nitrogen and oxygen atoms in total. The van der Waals surface area contributed by atoms with Gasteiger partial charge in [-0.1, -0.05) is 17.7 Å². The first-order chi connectivity index (χ1) is 10.0. The van der Waals surface area contributed by atoms with Gasteiger partial charge in [0, 0.05) is 6.07 Å². The standard InChI is InChI=1S/C17H14O4/c1-10-3-6-14(11(2)7-10)21-16-9-20-15-8-12(18)4-5-13(15)17(16)19/h3-9,18H,1-2H3. The van der Waals surface area contributed by atoms with Gasteiger partial charge in [-0.3, -0.25) is 4.79 Å².